The van der Waals surface area contributed by atoms with Crippen LogP contribution >= 0.6 is 0 Å². The lowest BCUT2D eigenvalue weighted by Crippen LogP contribution is -2.43. The van der Waals surface area contributed by atoms with E-state index in [1.165, 1.54) is 0 Å². The molecule has 0 saturated carbocycles. The monoisotopic (exact) mass is 251 g/mol. The maximum atomic E-state index is 10.5. The van der Waals surface area contributed by atoms with Crippen LogP contribution in [0.15, 0.2) is 24.3 Å². The highest BCUT2D eigenvalue weighted by Crippen LogP contribution is 2.31. The molecule has 0 heterocycles. The van der Waals surface area contributed by atoms with Gasteiger partial charge in [-0.05, 0) is 59.5 Å². The molecule has 3 nitrogen and oxygen atoms in total. The fraction of sp³-hybridized carbons (Fsp3) is 0.600. The maximum absolute atomic E-state index is 10.5. The van der Waals surface area contributed by atoms with Crippen molar-refractivity contribution in [2.45, 2.75) is 45.4 Å². The van der Waals surface area contributed by atoms with Crippen molar-refractivity contribution >= 4 is 0 Å². The molecule has 0 aliphatic heterocycles. The van der Waals surface area contributed by atoms with Gasteiger partial charge >= 0.3 is 0 Å². The van der Waals surface area contributed by atoms with E-state index in [0.29, 0.717) is 0 Å². The van der Waals surface area contributed by atoms with Gasteiger partial charge in [-0.25, -0.2) is 0 Å². The topological polar surface area (TPSA) is 32.7 Å². The fourth-order valence-electron chi connectivity index (χ4n) is 1.68. The molecule has 0 saturated heterocycles. The predicted octanol–water partition coefficient (Wildman–Crippen LogP) is 2.85. The minimum absolute atomic E-state index is 0.138. The minimum Gasteiger partial charge on any atom is -0.491 e. The molecule has 1 N–H and O–H groups in total. The zero-order chi connectivity index (χ0) is 13.9. The highest BCUT2D eigenvalue weighted by Gasteiger charge is 2.31. The summed E-state index contributed by atoms with van der Waals surface area (Å²) < 4.78 is 5.65. The Morgan fingerprint density at radius 2 is 1.83 bits per heavy atom. The Hall–Kier alpha value is -1.06. The summed E-state index contributed by atoms with van der Waals surface area (Å²) in [5.41, 5.74) is 0.558. The summed E-state index contributed by atoms with van der Waals surface area (Å²) in [6.07, 6.45) is -0.414. The first-order chi connectivity index (χ1) is 8.25. The molecule has 1 aromatic rings. The summed E-state index contributed by atoms with van der Waals surface area (Å²) >= 11 is 0. The van der Waals surface area contributed by atoms with E-state index in [1.54, 1.807) is 0 Å². The summed E-state index contributed by atoms with van der Waals surface area (Å²) in [6, 6.07) is 7.68. The summed E-state index contributed by atoms with van der Waals surface area (Å²) in [4.78, 5) is 2.02. The number of nitrogens with zero attached hydrogens (tertiary/aromatic N) is 1. The smallest absolute Gasteiger partial charge is 0.120 e. The second kappa shape index (κ2) is 5.72. The minimum atomic E-state index is -0.553. The van der Waals surface area contributed by atoms with Crippen molar-refractivity contribution in [2.75, 3.05) is 14.1 Å². The van der Waals surface area contributed by atoms with Crippen LogP contribution in [0.4, 0.5) is 0 Å². The molecule has 0 radical (unpaired) electrons. The lowest BCUT2D eigenvalue weighted by molar-refractivity contribution is 0.0162. The van der Waals surface area contributed by atoms with E-state index in [9.17, 15) is 5.11 Å². The van der Waals surface area contributed by atoms with Gasteiger partial charge in [-0.15, -0.1) is 0 Å². The quantitative estimate of drug-likeness (QED) is 0.873. The van der Waals surface area contributed by atoms with Crippen LogP contribution in [0, 0.1) is 0 Å². The largest absolute Gasteiger partial charge is 0.491 e. The van der Waals surface area contributed by atoms with Gasteiger partial charge in [0.05, 0.1) is 12.2 Å². The zero-order valence-electron chi connectivity index (χ0n) is 12.3. The van der Waals surface area contributed by atoms with E-state index in [0.717, 1.165) is 11.3 Å². The van der Waals surface area contributed by atoms with Crippen molar-refractivity contribution in [1.82, 2.24) is 4.90 Å². The van der Waals surface area contributed by atoms with Crippen LogP contribution in [-0.2, 0) is 0 Å². The van der Waals surface area contributed by atoms with Crippen LogP contribution in [-0.4, -0.2) is 35.7 Å². The number of benzene rings is 1. The first-order valence-corrected chi connectivity index (χ1v) is 6.37. The van der Waals surface area contributed by atoms with E-state index in [2.05, 4.69) is 0 Å². The number of likely N-dealkylation sites (N-methyl/N-ethyl adjacent to an activating group) is 1. The molecule has 1 aromatic carbocycles. The fourth-order valence-corrected chi connectivity index (χ4v) is 1.68. The molecule has 1 rings (SSSR count). The first kappa shape index (κ1) is 15.0. The molecular formula is C15H25NO2. The van der Waals surface area contributed by atoms with E-state index in [-0.39, 0.29) is 11.6 Å². The standard InChI is InChI=1S/C15H25NO2/c1-11(2)18-13-9-7-8-12(10-13)14(17)15(3,4)16(5)6/h7-11,14,17H,1-6H3. The molecule has 3 heteroatoms. The first-order valence-electron chi connectivity index (χ1n) is 6.37. The Bertz CT molecular complexity index is 386. The van der Waals surface area contributed by atoms with Crippen LogP contribution in [0.1, 0.15) is 39.4 Å². The molecule has 0 aliphatic carbocycles. The van der Waals surface area contributed by atoms with Crippen molar-refractivity contribution in [3.05, 3.63) is 29.8 Å². The molecule has 0 aromatic heterocycles. The molecule has 0 amide bonds. The summed E-state index contributed by atoms with van der Waals surface area (Å²) in [7, 11) is 3.94. The second-order valence-corrected chi connectivity index (χ2v) is 5.69. The summed E-state index contributed by atoms with van der Waals surface area (Å²) in [6.45, 7) is 8.03. The predicted molar refractivity (Wildman–Crippen MR) is 74.9 cm³/mol. The van der Waals surface area contributed by atoms with Crippen molar-refractivity contribution in [3.63, 3.8) is 0 Å². The Morgan fingerprint density at radius 1 is 1.22 bits per heavy atom. The van der Waals surface area contributed by atoms with Gasteiger partial charge in [0.25, 0.3) is 0 Å². The number of aliphatic hydroxyl groups is 1. The van der Waals surface area contributed by atoms with Gasteiger partial charge < -0.3 is 14.7 Å². The highest BCUT2D eigenvalue weighted by molar-refractivity contribution is 5.31. The molecule has 0 bridgehead atoms. The number of ether oxygens (including phenoxy) is 1. The van der Waals surface area contributed by atoms with E-state index >= 15 is 0 Å². The average molecular weight is 251 g/mol. The third kappa shape index (κ3) is 3.47. The number of hydrogen-bond acceptors (Lipinski definition) is 3. The van der Waals surface area contributed by atoms with Gasteiger partial charge in [0, 0.05) is 5.54 Å². The lowest BCUT2D eigenvalue weighted by Gasteiger charge is -2.37. The van der Waals surface area contributed by atoms with Crippen molar-refractivity contribution in [3.8, 4) is 5.75 Å². The Morgan fingerprint density at radius 3 is 2.33 bits per heavy atom. The molecule has 18 heavy (non-hydrogen) atoms. The number of hydrogen-bond donors (Lipinski definition) is 1. The average Bonchev–Trinajstić information content (AvgIpc) is 2.27. The van der Waals surface area contributed by atoms with Crippen molar-refractivity contribution in [2.24, 2.45) is 0 Å². The van der Waals surface area contributed by atoms with Crippen molar-refractivity contribution in [1.29, 1.82) is 0 Å². The number of rotatable bonds is 5. The summed E-state index contributed by atoms with van der Waals surface area (Å²) in [5.74, 6) is 0.802. The van der Waals surface area contributed by atoms with Crippen LogP contribution in [0.25, 0.3) is 0 Å². The Labute approximate surface area is 110 Å². The van der Waals surface area contributed by atoms with Crippen molar-refractivity contribution < 1.29 is 9.84 Å². The lowest BCUT2D eigenvalue weighted by atomic mass is 9.90. The zero-order valence-corrected chi connectivity index (χ0v) is 12.3. The van der Waals surface area contributed by atoms with E-state index in [4.69, 9.17) is 4.74 Å². The van der Waals surface area contributed by atoms with E-state index < -0.39 is 6.10 Å². The summed E-state index contributed by atoms with van der Waals surface area (Å²) in [5, 5.41) is 10.5. The van der Waals surface area contributed by atoms with Crippen LogP contribution in [0.2, 0.25) is 0 Å². The maximum Gasteiger partial charge on any atom is 0.120 e. The molecule has 1 atom stereocenters. The second-order valence-electron chi connectivity index (χ2n) is 5.69. The molecule has 0 spiro atoms. The van der Waals surface area contributed by atoms with E-state index in [1.807, 2.05) is 71.0 Å². The molecule has 1 unspecified atom stereocenters. The normalized spacial score (nSPS) is 14.1. The molecule has 0 aliphatic rings. The van der Waals surface area contributed by atoms with Gasteiger partial charge in [-0.3, -0.25) is 0 Å². The third-order valence-electron chi connectivity index (χ3n) is 3.37. The van der Waals surface area contributed by atoms with Gasteiger partial charge in [0.2, 0.25) is 0 Å². The molecule has 0 fully saturated rings. The van der Waals surface area contributed by atoms with Gasteiger partial charge in [0.15, 0.2) is 0 Å². The van der Waals surface area contributed by atoms with Crippen LogP contribution < -0.4 is 4.74 Å². The Balaban J connectivity index is 2.96. The SMILES string of the molecule is CC(C)Oc1cccc(C(O)C(C)(C)N(C)C)c1. The van der Waals surface area contributed by atoms with Crippen LogP contribution in [0.5, 0.6) is 5.75 Å². The van der Waals surface area contributed by atoms with Gasteiger partial charge in [0.1, 0.15) is 5.75 Å². The third-order valence-corrected chi connectivity index (χ3v) is 3.37. The van der Waals surface area contributed by atoms with Gasteiger partial charge in [-0.1, -0.05) is 12.1 Å². The number of aliphatic hydroxyl groups excluding tert-OH is 1. The molecule has 102 valence electrons. The van der Waals surface area contributed by atoms with Crippen LogP contribution in [0.3, 0.4) is 0 Å². The highest BCUT2D eigenvalue weighted by atomic mass is 16.5. The molecular weight excluding hydrogens is 226 g/mol. The Kier molecular flexibility index (Phi) is 4.77. The van der Waals surface area contributed by atoms with Gasteiger partial charge in [-0.2, -0.15) is 0 Å².